The van der Waals surface area contributed by atoms with Gasteiger partial charge in [0, 0.05) is 4.88 Å². The molecule has 1 saturated carbocycles. The number of aldehydes is 1. The van der Waals surface area contributed by atoms with Crippen LogP contribution in [0.15, 0.2) is 12.1 Å². The molecule has 1 aliphatic rings. The van der Waals surface area contributed by atoms with Crippen LogP contribution in [0.2, 0.25) is 0 Å². The molecule has 1 fully saturated rings. The average molecular weight is 168 g/mol. The van der Waals surface area contributed by atoms with Crippen LogP contribution in [0.4, 0.5) is 0 Å². The highest BCUT2D eigenvalue weighted by atomic mass is 32.1. The van der Waals surface area contributed by atoms with Gasteiger partial charge in [-0.2, -0.15) is 0 Å². The van der Waals surface area contributed by atoms with E-state index in [1.807, 2.05) is 6.07 Å². The van der Waals surface area contributed by atoms with Gasteiger partial charge in [0.1, 0.15) is 0 Å². The van der Waals surface area contributed by atoms with Crippen molar-refractivity contribution in [3.63, 3.8) is 0 Å². The third-order valence-electron chi connectivity index (χ3n) is 1.93. The summed E-state index contributed by atoms with van der Waals surface area (Å²) in [5, 5.41) is 9.60. The van der Waals surface area contributed by atoms with Crippen molar-refractivity contribution in [3.05, 3.63) is 21.9 Å². The van der Waals surface area contributed by atoms with Crippen LogP contribution in [-0.2, 0) is 5.60 Å². The molecule has 1 N–H and O–H groups in total. The number of hydrogen-bond acceptors (Lipinski definition) is 3. The average Bonchev–Trinajstić information content (AvgIpc) is 2.61. The third-order valence-corrected chi connectivity index (χ3v) is 3.13. The van der Waals surface area contributed by atoms with Gasteiger partial charge in [-0.05, 0) is 25.0 Å². The van der Waals surface area contributed by atoms with Crippen molar-refractivity contribution in [2.24, 2.45) is 0 Å². The lowest BCUT2D eigenvalue weighted by Gasteiger charge is -2.00. The van der Waals surface area contributed by atoms with E-state index in [1.165, 1.54) is 11.3 Å². The normalized spacial score (nSPS) is 19.7. The van der Waals surface area contributed by atoms with Gasteiger partial charge in [0.2, 0.25) is 0 Å². The number of rotatable bonds is 2. The van der Waals surface area contributed by atoms with Crippen molar-refractivity contribution in [2.45, 2.75) is 18.4 Å². The van der Waals surface area contributed by atoms with E-state index < -0.39 is 5.60 Å². The molecule has 1 heterocycles. The molecule has 0 saturated heterocycles. The summed E-state index contributed by atoms with van der Waals surface area (Å²) in [6.45, 7) is 0. The molecule has 0 radical (unpaired) electrons. The molecule has 1 aromatic heterocycles. The van der Waals surface area contributed by atoms with E-state index in [1.54, 1.807) is 6.07 Å². The monoisotopic (exact) mass is 168 g/mol. The second-order valence-corrected chi connectivity index (χ2v) is 3.97. The highest BCUT2D eigenvalue weighted by molar-refractivity contribution is 7.13. The zero-order valence-electron chi connectivity index (χ0n) is 5.91. The summed E-state index contributed by atoms with van der Waals surface area (Å²) in [4.78, 5) is 11.9. The summed E-state index contributed by atoms with van der Waals surface area (Å²) in [7, 11) is 0. The Bertz CT molecular complexity index is 286. The molecule has 2 rings (SSSR count). The predicted octanol–water partition coefficient (Wildman–Crippen LogP) is 1.54. The lowest BCUT2D eigenvalue weighted by Crippen LogP contribution is -1.99. The molecule has 0 amide bonds. The van der Waals surface area contributed by atoms with Crippen LogP contribution in [-0.4, -0.2) is 11.4 Å². The van der Waals surface area contributed by atoms with E-state index in [0.717, 1.165) is 24.0 Å². The zero-order valence-corrected chi connectivity index (χ0v) is 6.73. The third kappa shape index (κ3) is 1.10. The SMILES string of the molecule is O=Cc1ccc(C2(O)CC2)s1. The Morgan fingerprint density at radius 1 is 1.55 bits per heavy atom. The highest BCUT2D eigenvalue weighted by Gasteiger charge is 2.43. The maximum Gasteiger partial charge on any atom is 0.160 e. The molecule has 58 valence electrons. The first kappa shape index (κ1) is 7.00. The van der Waals surface area contributed by atoms with Gasteiger partial charge in [0.25, 0.3) is 0 Å². The van der Waals surface area contributed by atoms with Crippen LogP contribution in [0.3, 0.4) is 0 Å². The molecule has 0 spiro atoms. The molecule has 0 bridgehead atoms. The molecule has 0 unspecified atom stereocenters. The summed E-state index contributed by atoms with van der Waals surface area (Å²) in [6.07, 6.45) is 2.50. The van der Waals surface area contributed by atoms with Gasteiger partial charge >= 0.3 is 0 Å². The largest absolute Gasteiger partial charge is 0.384 e. The Kier molecular flexibility index (Phi) is 1.37. The van der Waals surface area contributed by atoms with E-state index in [2.05, 4.69) is 0 Å². The van der Waals surface area contributed by atoms with Gasteiger partial charge in [-0.1, -0.05) is 0 Å². The molecule has 0 atom stereocenters. The topological polar surface area (TPSA) is 37.3 Å². The molecule has 1 aliphatic carbocycles. The summed E-state index contributed by atoms with van der Waals surface area (Å²) in [6, 6.07) is 3.59. The Balaban J connectivity index is 2.32. The first-order valence-electron chi connectivity index (χ1n) is 3.52. The molecule has 0 aromatic carbocycles. The lowest BCUT2D eigenvalue weighted by molar-refractivity contribution is 0.112. The van der Waals surface area contributed by atoms with Gasteiger partial charge in [-0.25, -0.2) is 0 Å². The van der Waals surface area contributed by atoms with Gasteiger partial charge in [0.05, 0.1) is 10.5 Å². The molecule has 1 aromatic rings. The molecule has 3 heteroatoms. The fourth-order valence-corrected chi connectivity index (χ4v) is 2.00. The summed E-state index contributed by atoms with van der Waals surface area (Å²) in [5.41, 5.74) is -0.577. The van der Waals surface area contributed by atoms with Crippen LogP contribution in [0, 0.1) is 0 Å². The number of thiophene rings is 1. The zero-order chi connectivity index (χ0) is 7.90. The van der Waals surface area contributed by atoms with Crippen molar-refractivity contribution in [3.8, 4) is 0 Å². The molecule has 2 nitrogen and oxygen atoms in total. The van der Waals surface area contributed by atoms with Gasteiger partial charge < -0.3 is 5.11 Å². The van der Waals surface area contributed by atoms with Gasteiger partial charge in [0.15, 0.2) is 6.29 Å². The molecule has 0 aliphatic heterocycles. The standard InChI is InChI=1S/C8H8O2S/c9-5-6-1-2-7(11-6)8(10)3-4-8/h1-2,5,10H,3-4H2. The maximum atomic E-state index is 10.3. The number of carbonyl (C=O) groups excluding carboxylic acids is 1. The van der Waals surface area contributed by atoms with Crippen LogP contribution >= 0.6 is 11.3 Å². The van der Waals surface area contributed by atoms with Crippen molar-refractivity contribution in [1.82, 2.24) is 0 Å². The molecular weight excluding hydrogens is 160 g/mol. The maximum absolute atomic E-state index is 10.3. The minimum atomic E-state index is -0.577. The van der Waals surface area contributed by atoms with E-state index in [-0.39, 0.29) is 0 Å². The smallest absolute Gasteiger partial charge is 0.160 e. The molecular formula is C8H8O2S. The van der Waals surface area contributed by atoms with Crippen LogP contribution in [0.1, 0.15) is 27.4 Å². The Morgan fingerprint density at radius 3 is 2.73 bits per heavy atom. The number of hydrogen-bond donors (Lipinski definition) is 1. The van der Waals surface area contributed by atoms with Crippen molar-refractivity contribution in [2.75, 3.05) is 0 Å². The van der Waals surface area contributed by atoms with Crippen molar-refractivity contribution < 1.29 is 9.90 Å². The highest BCUT2D eigenvalue weighted by Crippen LogP contribution is 2.47. The minimum Gasteiger partial charge on any atom is -0.384 e. The Morgan fingerprint density at radius 2 is 2.27 bits per heavy atom. The number of aliphatic hydroxyl groups is 1. The van der Waals surface area contributed by atoms with Crippen LogP contribution in [0.5, 0.6) is 0 Å². The molecule has 11 heavy (non-hydrogen) atoms. The first-order valence-corrected chi connectivity index (χ1v) is 4.34. The van der Waals surface area contributed by atoms with Gasteiger partial charge in [-0.3, -0.25) is 4.79 Å². The van der Waals surface area contributed by atoms with Crippen LogP contribution < -0.4 is 0 Å². The summed E-state index contributed by atoms with van der Waals surface area (Å²) < 4.78 is 0. The van der Waals surface area contributed by atoms with Crippen molar-refractivity contribution >= 4 is 17.6 Å². The fourth-order valence-electron chi connectivity index (χ4n) is 1.03. The summed E-state index contributed by atoms with van der Waals surface area (Å²) >= 11 is 1.38. The lowest BCUT2D eigenvalue weighted by atomic mass is 10.3. The minimum absolute atomic E-state index is 0.577. The second-order valence-electron chi connectivity index (χ2n) is 2.85. The van der Waals surface area contributed by atoms with E-state index in [0.29, 0.717) is 4.88 Å². The Labute approximate surface area is 68.5 Å². The first-order chi connectivity index (χ1) is 5.24. The Hall–Kier alpha value is -0.670. The van der Waals surface area contributed by atoms with Gasteiger partial charge in [-0.15, -0.1) is 11.3 Å². The predicted molar refractivity (Wildman–Crippen MR) is 42.8 cm³/mol. The second kappa shape index (κ2) is 2.16. The van der Waals surface area contributed by atoms with E-state index in [9.17, 15) is 9.90 Å². The van der Waals surface area contributed by atoms with Crippen molar-refractivity contribution in [1.29, 1.82) is 0 Å². The quantitative estimate of drug-likeness (QED) is 0.680. The van der Waals surface area contributed by atoms with E-state index in [4.69, 9.17) is 0 Å². The summed E-state index contributed by atoms with van der Waals surface area (Å²) in [5.74, 6) is 0. The van der Waals surface area contributed by atoms with Crippen LogP contribution in [0.25, 0.3) is 0 Å². The fraction of sp³-hybridized carbons (Fsp3) is 0.375. The number of carbonyl (C=O) groups is 1. The van der Waals surface area contributed by atoms with E-state index >= 15 is 0 Å².